The van der Waals surface area contributed by atoms with E-state index < -0.39 is 0 Å². The number of rotatable bonds is 5. The zero-order valence-electron chi connectivity index (χ0n) is 12.6. The Morgan fingerprint density at radius 1 is 1.30 bits per heavy atom. The maximum atomic E-state index is 12.6. The lowest BCUT2D eigenvalue weighted by molar-refractivity contribution is -0.146. The summed E-state index contributed by atoms with van der Waals surface area (Å²) in [5, 5.41) is 3.46. The molecule has 5 heteroatoms. The highest BCUT2D eigenvalue weighted by Gasteiger charge is 2.37. The van der Waals surface area contributed by atoms with Crippen LogP contribution in [0.25, 0.3) is 0 Å². The van der Waals surface area contributed by atoms with Crippen LogP contribution in [0.1, 0.15) is 45.4 Å². The molecule has 2 rings (SSSR count). The summed E-state index contributed by atoms with van der Waals surface area (Å²) < 4.78 is 0. The van der Waals surface area contributed by atoms with E-state index in [9.17, 15) is 9.59 Å². The third-order valence-corrected chi connectivity index (χ3v) is 5.60. The van der Waals surface area contributed by atoms with Gasteiger partial charge in [0.2, 0.25) is 11.8 Å². The number of piperazine rings is 1. The summed E-state index contributed by atoms with van der Waals surface area (Å²) in [5.41, 5.74) is 0. The van der Waals surface area contributed by atoms with Crippen LogP contribution in [0.4, 0.5) is 0 Å². The Morgan fingerprint density at radius 2 is 2.00 bits per heavy atom. The summed E-state index contributed by atoms with van der Waals surface area (Å²) in [5.74, 6) is 0.503. The van der Waals surface area contributed by atoms with Crippen LogP contribution in [-0.4, -0.2) is 47.4 Å². The number of hydrogen-bond donors (Lipinski definition) is 1. The van der Waals surface area contributed by atoms with Gasteiger partial charge in [-0.2, -0.15) is 11.8 Å². The minimum Gasteiger partial charge on any atom is -0.342 e. The summed E-state index contributed by atoms with van der Waals surface area (Å²) in [4.78, 5) is 26.2. The van der Waals surface area contributed by atoms with Crippen LogP contribution in [0.5, 0.6) is 0 Å². The van der Waals surface area contributed by atoms with E-state index in [0.717, 1.165) is 19.3 Å². The molecule has 1 aliphatic carbocycles. The number of amides is 2. The molecular formula is C15H26N2O2S. The van der Waals surface area contributed by atoms with E-state index in [4.69, 9.17) is 0 Å². The molecule has 1 saturated heterocycles. The van der Waals surface area contributed by atoms with Crippen molar-refractivity contribution in [2.24, 2.45) is 5.92 Å². The van der Waals surface area contributed by atoms with Gasteiger partial charge in [-0.3, -0.25) is 9.59 Å². The van der Waals surface area contributed by atoms with Crippen molar-refractivity contribution in [1.82, 2.24) is 10.2 Å². The molecular weight excluding hydrogens is 272 g/mol. The van der Waals surface area contributed by atoms with E-state index in [1.54, 1.807) is 16.7 Å². The van der Waals surface area contributed by atoms with E-state index in [0.29, 0.717) is 17.7 Å². The highest BCUT2D eigenvalue weighted by molar-refractivity contribution is 7.99. The van der Waals surface area contributed by atoms with Crippen LogP contribution in [0.2, 0.25) is 0 Å². The molecule has 0 spiro atoms. The maximum absolute atomic E-state index is 12.6. The molecule has 0 bridgehead atoms. The molecule has 2 fully saturated rings. The zero-order chi connectivity index (χ0) is 14.5. The number of thioether (sulfide) groups is 1. The number of carbonyl (C=O) groups is 2. The Labute approximate surface area is 126 Å². The third-order valence-electron chi connectivity index (χ3n) is 4.56. The summed E-state index contributed by atoms with van der Waals surface area (Å²) in [7, 11) is 0. The van der Waals surface area contributed by atoms with Crippen molar-refractivity contribution >= 4 is 23.6 Å². The first-order valence-corrected chi connectivity index (χ1v) is 9.01. The van der Waals surface area contributed by atoms with Gasteiger partial charge in [-0.15, -0.1) is 0 Å². The van der Waals surface area contributed by atoms with E-state index in [1.807, 2.05) is 0 Å². The topological polar surface area (TPSA) is 49.4 Å². The molecule has 1 saturated carbocycles. The predicted molar refractivity (Wildman–Crippen MR) is 82.7 cm³/mol. The second-order valence-electron chi connectivity index (χ2n) is 6.04. The van der Waals surface area contributed by atoms with Gasteiger partial charge in [0.1, 0.15) is 6.04 Å². The Balaban J connectivity index is 1.95. The van der Waals surface area contributed by atoms with Crippen molar-refractivity contribution in [1.29, 1.82) is 0 Å². The molecule has 1 heterocycles. The van der Waals surface area contributed by atoms with Crippen molar-refractivity contribution in [3.63, 3.8) is 0 Å². The first-order valence-electron chi connectivity index (χ1n) is 7.72. The summed E-state index contributed by atoms with van der Waals surface area (Å²) in [6.07, 6.45) is 8.83. The van der Waals surface area contributed by atoms with Crippen LogP contribution in [-0.2, 0) is 9.59 Å². The zero-order valence-corrected chi connectivity index (χ0v) is 13.4. The molecule has 2 aliphatic rings. The van der Waals surface area contributed by atoms with Crippen molar-refractivity contribution in [2.75, 3.05) is 19.3 Å². The van der Waals surface area contributed by atoms with Crippen LogP contribution in [0, 0.1) is 5.92 Å². The van der Waals surface area contributed by atoms with E-state index >= 15 is 0 Å². The molecule has 0 radical (unpaired) electrons. The van der Waals surface area contributed by atoms with Crippen LogP contribution in [0.3, 0.4) is 0 Å². The SMILES string of the molecule is CSC(C)CCN1CC(=O)NC(C2CCCCC2)C1=O. The minimum atomic E-state index is -0.263. The number of nitrogens with zero attached hydrogens (tertiary/aromatic N) is 1. The second kappa shape index (κ2) is 7.34. The van der Waals surface area contributed by atoms with Gasteiger partial charge in [0.25, 0.3) is 0 Å². The predicted octanol–water partition coefficient (Wildman–Crippen LogP) is 2.04. The number of hydrogen-bond acceptors (Lipinski definition) is 3. The van der Waals surface area contributed by atoms with Crippen molar-refractivity contribution in [3.05, 3.63) is 0 Å². The monoisotopic (exact) mass is 298 g/mol. The molecule has 0 aromatic rings. The Hall–Kier alpha value is -0.710. The quantitative estimate of drug-likeness (QED) is 0.845. The minimum absolute atomic E-state index is 0.0111. The van der Waals surface area contributed by atoms with Gasteiger partial charge in [-0.25, -0.2) is 0 Å². The molecule has 1 aliphatic heterocycles. The summed E-state index contributed by atoms with van der Waals surface area (Å²) >= 11 is 1.81. The number of carbonyl (C=O) groups excluding carboxylic acids is 2. The largest absolute Gasteiger partial charge is 0.342 e. The van der Waals surface area contributed by atoms with Gasteiger partial charge in [-0.1, -0.05) is 26.2 Å². The fourth-order valence-corrected chi connectivity index (χ4v) is 3.50. The van der Waals surface area contributed by atoms with Crippen LogP contribution >= 0.6 is 11.8 Å². The van der Waals surface area contributed by atoms with Gasteiger partial charge < -0.3 is 10.2 Å². The lowest BCUT2D eigenvalue weighted by Gasteiger charge is -2.38. The lowest BCUT2D eigenvalue weighted by Crippen LogP contribution is -2.60. The fourth-order valence-electron chi connectivity index (χ4n) is 3.16. The van der Waals surface area contributed by atoms with Gasteiger partial charge in [0.05, 0.1) is 6.54 Å². The summed E-state index contributed by atoms with van der Waals surface area (Å²) in [6, 6.07) is -0.263. The molecule has 114 valence electrons. The highest BCUT2D eigenvalue weighted by Crippen LogP contribution is 2.28. The van der Waals surface area contributed by atoms with Gasteiger partial charge in [0.15, 0.2) is 0 Å². The summed E-state index contributed by atoms with van der Waals surface area (Å²) in [6.45, 7) is 3.11. The first-order chi connectivity index (χ1) is 9.61. The van der Waals surface area contributed by atoms with Crippen LogP contribution < -0.4 is 5.32 Å². The molecule has 0 aromatic heterocycles. The second-order valence-corrected chi connectivity index (χ2v) is 7.31. The Morgan fingerprint density at radius 3 is 2.65 bits per heavy atom. The molecule has 1 N–H and O–H groups in total. The van der Waals surface area contributed by atoms with E-state index in [-0.39, 0.29) is 24.4 Å². The van der Waals surface area contributed by atoms with Gasteiger partial charge in [0, 0.05) is 11.8 Å². The normalized spacial score (nSPS) is 26.5. The molecule has 2 amide bonds. The van der Waals surface area contributed by atoms with Gasteiger partial charge in [-0.05, 0) is 31.4 Å². The third kappa shape index (κ3) is 3.90. The molecule has 4 nitrogen and oxygen atoms in total. The number of nitrogens with one attached hydrogen (secondary N) is 1. The average Bonchev–Trinajstić information content (AvgIpc) is 2.48. The average molecular weight is 298 g/mol. The Kier molecular flexibility index (Phi) is 5.75. The standard InChI is InChI=1S/C15H26N2O2S/c1-11(20-2)8-9-17-10-13(18)16-14(15(17)19)12-6-4-3-5-7-12/h11-12,14H,3-10H2,1-2H3,(H,16,18). The van der Waals surface area contributed by atoms with Crippen molar-refractivity contribution < 1.29 is 9.59 Å². The van der Waals surface area contributed by atoms with E-state index in [1.165, 1.54) is 19.3 Å². The molecule has 20 heavy (non-hydrogen) atoms. The van der Waals surface area contributed by atoms with Gasteiger partial charge >= 0.3 is 0 Å². The Bertz CT molecular complexity index is 356. The molecule has 2 atom stereocenters. The molecule has 2 unspecified atom stereocenters. The first kappa shape index (κ1) is 15.7. The van der Waals surface area contributed by atoms with E-state index in [2.05, 4.69) is 18.5 Å². The highest BCUT2D eigenvalue weighted by atomic mass is 32.2. The van der Waals surface area contributed by atoms with Crippen molar-refractivity contribution in [3.8, 4) is 0 Å². The van der Waals surface area contributed by atoms with Crippen LogP contribution in [0.15, 0.2) is 0 Å². The fraction of sp³-hybridized carbons (Fsp3) is 0.867. The lowest BCUT2D eigenvalue weighted by atomic mass is 9.82. The van der Waals surface area contributed by atoms with Crippen molar-refractivity contribution in [2.45, 2.75) is 56.7 Å². The molecule has 0 aromatic carbocycles. The smallest absolute Gasteiger partial charge is 0.245 e. The maximum Gasteiger partial charge on any atom is 0.245 e.